The molecule has 180 valence electrons. The summed E-state index contributed by atoms with van der Waals surface area (Å²) in [6.45, 7) is 0.525. The van der Waals surface area contributed by atoms with Crippen LogP contribution in [0.4, 0.5) is 11.4 Å². The van der Waals surface area contributed by atoms with Gasteiger partial charge in [0.25, 0.3) is 11.6 Å². The number of benzene rings is 3. The summed E-state index contributed by atoms with van der Waals surface area (Å²) in [7, 11) is 1.53. The molecule has 10 heteroatoms. The molecule has 1 amide bonds. The fourth-order valence-corrected chi connectivity index (χ4v) is 5.61. The summed E-state index contributed by atoms with van der Waals surface area (Å²) < 4.78 is 7.68. The maximum Gasteiger partial charge on any atom is 0.270 e. The number of rotatable bonds is 6. The van der Waals surface area contributed by atoms with E-state index in [9.17, 15) is 14.9 Å². The molecule has 1 fully saturated rings. The Morgan fingerprint density at radius 1 is 1.14 bits per heavy atom. The number of carbonyl (C=O) groups is 1. The van der Waals surface area contributed by atoms with Crippen LogP contribution < -0.4 is 9.64 Å². The quantitative estimate of drug-likeness (QED) is 0.119. The van der Waals surface area contributed by atoms with E-state index in [1.54, 1.807) is 30.3 Å². The number of halogens is 1. The second-order valence-electron chi connectivity index (χ2n) is 7.99. The average Bonchev–Trinajstić information content (AvgIpc) is 3.35. The maximum absolute atomic E-state index is 13.3. The van der Waals surface area contributed by atoms with E-state index in [0.717, 1.165) is 22.0 Å². The minimum atomic E-state index is -0.414. The molecule has 1 aliphatic rings. The van der Waals surface area contributed by atoms with E-state index in [1.807, 2.05) is 36.5 Å². The van der Waals surface area contributed by atoms with Crippen LogP contribution in [-0.4, -0.2) is 26.8 Å². The molecule has 0 bridgehead atoms. The number of hydrogen-bond acceptors (Lipinski definition) is 6. The van der Waals surface area contributed by atoms with Crippen LogP contribution in [0.15, 0.2) is 77.8 Å². The molecule has 1 aromatic heterocycles. The van der Waals surface area contributed by atoms with Gasteiger partial charge in [-0.1, -0.05) is 65.9 Å². The summed E-state index contributed by atoms with van der Waals surface area (Å²) in [6, 6.07) is 19.5. The van der Waals surface area contributed by atoms with Gasteiger partial charge < -0.3 is 9.30 Å². The lowest BCUT2D eigenvalue weighted by atomic mass is 10.1. The summed E-state index contributed by atoms with van der Waals surface area (Å²) in [5.74, 6) is 0.292. The molecule has 1 aliphatic heterocycles. The SMILES string of the molecule is COc1ccc(N2C(=O)/C(=C/c3cn(Cc4ccc([N+](=O)[O-])cc4)c4ccccc34)SC2=S)cc1Cl. The molecule has 0 unspecified atom stereocenters. The van der Waals surface area contributed by atoms with E-state index in [0.29, 0.717) is 32.2 Å². The zero-order chi connectivity index (χ0) is 25.4. The first-order chi connectivity index (χ1) is 17.4. The Morgan fingerprint density at radius 2 is 1.89 bits per heavy atom. The van der Waals surface area contributed by atoms with E-state index in [-0.39, 0.29) is 11.6 Å². The van der Waals surface area contributed by atoms with Crippen molar-refractivity contribution in [2.24, 2.45) is 0 Å². The van der Waals surface area contributed by atoms with Gasteiger partial charge in [0.1, 0.15) is 5.75 Å². The van der Waals surface area contributed by atoms with E-state index in [4.69, 9.17) is 28.6 Å². The molecule has 5 rings (SSSR count). The average molecular weight is 536 g/mol. The van der Waals surface area contributed by atoms with Gasteiger partial charge in [-0.05, 0) is 35.9 Å². The van der Waals surface area contributed by atoms with Crippen molar-refractivity contribution in [3.63, 3.8) is 0 Å². The number of nitrogens with zero attached hydrogens (tertiary/aromatic N) is 3. The maximum atomic E-state index is 13.3. The van der Waals surface area contributed by atoms with Gasteiger partial charge in [-0.25, -0.2) is 0 Å². The van der Waals surface area contributed by atoms with Crippen molar-refractivity contribution in [3.05, 3.63) is 104 Å². The van der Waals surface area contributed by atoms with Crippen LogP contribution in [0.2, 0.25) is 5.02 Å². The van der Waals surface area contributed by atoms with Gasteiger partial charge in [0.15, 0.2) is 4.32 Å². The third kappa shape index (κ3) is 4.48. The van der Waals surface area contributed by atoms with E-state index in [1.165, 1.54) is 35.9 Å². The fraction of sp³-hybridized carbons (Fsp3) is 0.0769. The number of aromatic nitrogens is 1. The highest BCUT2D eigenvalue weighted by atomic mass is 35.5. The van der Waals surface area contributed by atoms with Crippen molar-refractivity contribution in [2.75, 3.05) is 12.0 Å². The Morgan fingerprint density at radius 3 is 2.58 bits per heavy atom. The standard InChI is InChI=1S/C26H18ClN3O4S2/c1-34-23-11-10-19(13-21(23)27)29-25(31)24(36-26(29)35)12-17-15-28(22-5-3-2-4-20(17)22)14-16-6-8-18(9-7-16)30(32)33/h2-13,15H,14H2,1H3/b24-12-. The van der Waals surface area contributed by atoms with Crippen molar-refractivity contribution < 1.29 is 14.5 Å². The van der Waals surface area contributed by atoms with Crippen LogP contribution >= 0.6 is 35.6 Å². The number of methoxy groups -OCH3 is 1. The molecule has 4 aromatic rings. The summed E-state index contributed by atoms with van der Waals surface area (Å²) in [6.07, 6.45) is 3.82. The first-order valence-electron chi connectivity index (χ1n) is 10.8. The largest absolute Gasteiger partial charge is 0.495 e. The van der Waals surface area contributed by atoms with Crippen LogP contribution in [0.5, 0.6) is 5.75 Å². The molecule has 0 saturated carbocycles. The number of anilines is 1. The van der Waals surface area contributed by atoms with Crippen molar-refractivity contribution in [3.8, 4) is 5.75 Å². The summed E-state index contributed by atoms with van der Waals surface area (Å²) in [5.41, 5.74) is 3.42. The summed E-state index contributed by atoms with van der Waals surface area (Å²) >= 11 is 13.0. The van der Waals surface area contributed by atoms with Gasteiger partial charge in [-0.3, -0.25) is 19.8 Å². The van der Waals surface area contributed by atoms with E-state index < -0.39 is 4.92 Å². The fourth-order valence-electron chi connectivity index (χ4n) is 4.07. The molecule has 0 N–H and O–H groups in total. The number of hydrogen-bond donors (Lipinski definition) is 0. The van der Waals surface area contributed by atoms with E-state index in [2.05, 4.69) is 4.57 Å². The molecule has 2 heterocycles. The lowest BCUT2D eigenvalue weighted by Crippen LogP contribution is -2.27. The molecule has 0 spiro atoms. The smallest absolute Gasteiger partial charge is 0.270 e. The minimum absolute atomic E-state index is 0.0528. The Balaban J connectivity index is 1.48. The topological polar surface area (TPSA) is 77.6 Å². The summed E-state index contributed by atoms with van der Waals surface area (Å²) in [4.78, 5) is 25.8. The molecule has 36 heavy (non-hydrogen) atoms. The molecule has 1 saturated heterocycles. The van der Waals surface area contributed by atoms with Crippen LogP contribution in [0.25, 0.3) is 17.0 Å². The normalized spacial score (nSPS) is 14.7. The van der Waals surface area contributed by atoms with E-state index >= 15 is 0 Å². The number of fused-ring (bicyclic) bond motifs is 1. The number of thioether (sulfide) groups is 1. The lowest BCUT2D eigenvalue weighted by molar-refractivity contribution is -0.384. The van der Waals surface area contributed by atoms with Crippen LogP contribution in [0, 0.1) is 10.1 Å². The minimum Gasteiger partial charge on any atom is -0.495 e. The third-order valence-electron chi connectivity index (χ3n) is 5.79. The van der Waals surface area contributed by atoms with Crippen LogP contribution in [0.3, 0.4) is 0 Å². The number of nitro benzene ring substituents is 1. The first kappa shape index (κ1) is 24.1. The second-order valence-corrected chi connectivity index (χ2v) is 10.1. The first-order valence-corrected chi connectivity index (χ1v) is 12.4. The number of ether oxygens (including phenoxy) is 1. The number of amides is 1. The Kier molecular flexibility index (Phi) is 6.53. The number of non-ortho nitro benzene ring substituents is 1. The molecular weight excluding hydrogens is 518 g/mol. The van der Waals surface area contributed by atoms with Gasteiger partial charge in [0.05, 0.1) is 27.6 Å². The molecule has 0 radical (unpaired) electrons. The van der Waals surface area contributed by atoms with Crippen molar-refractivity contribution in [1.82, 2.24) is 4.57 Å². The van der Waals surface area contributed by atoms with Gasteiger partial charge in [0.2, 0.25) is 0 Å². The molecule has 0 atom stereocenters. The monoisotopic (exact) mass is 535 g/mol. The Bertz CT molecular complexity index is 1560. The van der Waals surface area contributed by atoms with Gasteiger partial charge in [-0.2, -0.15) is 0 Å². The van der Waals surface area contributed by atoms with Crippen LogP contribution in [0.1, 0.15) is 11.1 Å². The zero-order valence-electron chi connectivity index (χ0n) is 18.9. The third-order valence-corrected chi connectivity index (χ3v) is 7.39. The number of nitro groups is 1. The highest BCUT2D eigenvalue weighted by Gasteiger charge is 2.34. The highest BCUT2D eigenvalue weighted by Crippen LogP contribution is 2.39. The second kappa shape index (κ2) is 9.77. The highest BCUT2D eigenvalue weighted by molar-refractivity contribution is 8.27. The zero-order valence-corrected chi connectivity index (χ0v) is 21.3. The van der Waals surface area contributed by atoms with Gasteiger partial charge in [-0.15, -0.1) is 0 Å². The molecule has 0 aliphatic carbocycles. The van der Waals surface area contributed by atoms with Crippen molar-refractivity contribution in [1.29, 1.82) is 0 Å². The van der Waals surface area contributed by atoms with Crippen LogP contribution in [-0.2, 0) is 11.3 Å². The van der Waals surface area contributed by atoms with Crippen molar-refractivity contribution in [2.45, 2.75) is 6.54 Å². The lowest BCUT2D eigenvalue weighted by Gasteiger charge is -2.15. The number of carbonyl (C=O) groups excluding carboxylic acids is 1. The Hall–Kier alpha value is -3.66. The molecular formula is C26H18ClN3O4S2. The van der Waals surface area contributed by atoms with Crippen molar-refractivity contribution >= 4 is 74.2 Å². The van der Waals surface area contributed by atoms with Gasteiger partial charge >= 0.3 is 0 Å². The van der Waals surface area contributed by atoms with Gasteiger partial charge in [0, 0.05) is 41.3 Å². The number of thiocarbonyl (C=S) groups is 1. The molecule has 3 aromatic carbocycles. The number of para-hydroxylation sites is 1. The predicted octanol–water partition coefficient (Wildman–Crippen LogP) is 6.67. The summed E-state index contributed by atoms with van der Waals surface area (Å²) in [5, 5.41) is 12.3. The molecule has 7 nitrogen and oxygen atoms in total. The Labute approximate surface area is 221 Å². The predicted molar refractivity (Wildman–Crippen MR) is 148 cm³/mol.